The third kappa shape index (κ3) is 14.4. The van der Waals surface area contributed by atoms with Crippen molar-refractivity contribution in [2.45, 2.75) is 162 Å². The van der Waals surface area contributed by atoms with Gasteiger partial charge in [0, 0.05) is 0 Å². The van der Waals surface area contributed by atoms with E-state index in [4.69, 9.17) is 0 Å². The van der Waals surface area contributed by atoms with Crippen LogP contribution in [0.2, 0.25) is 83.0 Å². The number of allylic oxidation sites excluding steroid dienone is 1. The van der Waals surface area contributed by atoms with E-state index < -0.39 is 51.6 Å². The smallest absolute Gasteiger partial charge is 0.0786 e. The molecule has 0 aromatic heterocycles. The minimum absolute atomic E-state index is 0.0928. The average Bonchev–Trinajstić information content (AvgIpc) is 2.73. The summed E-state index contributed by atoms with van der Waals surface area (Å²) in [5.74, 6) is 0. The standard InChI is InChI=1S/C16H36N.2C6H18NSi2.C3H5.2FH.Sn/c1-5-9-13-17(14-10-6-2,15-11-7-3)16-12-8-4;2*1-8(2,3)7-9(4,5)6;1-3-2;;;/h5-16H2,1-4H3;2*1-6H3;3H,1-2H2;2*1H;/q+1;2*-1;;;;+3/p-2. The summed E-state index contributed by atoms with van der Waals surface area (Å²) in [6, 6.07) is 0. The molecule has 0 amide bonds. The molecule has 0 rings (SSSR count). The minimum Gasteiger partial charge on any atom is -0.324 e. The van der Waals surface area contributed by atoms with E-state index >= 15 is 5.73 Å². The molecule has 3 nitrogen and oxygen atoms in total. The van der Waals surface area contributed by atoms with Crippen molar-refractivity contribution in [2.24, 2.45) is 0 Å². The second-order valence-corrected chi connectivity index (χ2v) is 51.7. The Kier molecular flexibility index (Phi) is 19.2. The van der Waals surface area contributed by atoms with Gasteiger partial charge in [0.25, 0.3) is 0 Å². The van der Waals surface area contributed by atoms with E-state index in [0.29, 0.717) is 0 Å². The second kappa shape index (κ2) is 17.7. The fraction of sp³-hybridized carbons (Fsp3) is 0.935. The van der Waals surface area contributed by atoms with Crippen LogP contribution in [-0.2, 0) is 0 Å². The van der Waals surface area contributed by atoms with Crippen LogP contribution in [0.15, 0.2) is 12.7 Å². The van der Waals surface area contributed by atoms with Crippen molar-refractivity contribution in [1.82, 2.24) is 4.91 Å². The zero-order valence-corrected chi connectivity index (χ0v) is 37.9. The molecule has 0 unspecified atom stereocenters. The van der Waals surface area contributed by atoms with Gasteiger partial charge in [0.2, 0.25) is 0 Å². The molecule has 250 valence electrons. The molecule has 0 aliphatic heterocycles. The molecule has 0 radical (unpaired) electrons. The molecule has 10 heteroatoms. The van der Waals surface area contributed by atoms with Crippen LogP contribution in [0.4, 0.5) is 5.73 Å². The molecule has 0 aliphatic rings. The number of nitrogens with zero attached hydrogens (tertiary/aromatic N) is 3. The van der Waals surface area contributed by atoms with Crippen LogP contribution in [0.25, 0.3) is 0 Å². The molecular formula is C31H77F2N3Si4Sn. The number of unbranched alkanes of at least 4 members (excludes halogenated alkanes) is 4. The number of hydrogen-bond donors (Lipinski definition) is 0. The predicted molar refractivity (Wildman–Crippen MR) is 199 cm³/mol. The van der Waals surface area contributed by atoms with Crippen molar-refractivity contribution in [2.75, 3.05) is 26.2 Å². The Labute approximate surface area is 266 Å². The quantitative estimate of drug-likeness (QED) is 0.0693. The Bertz CT molecular complexity index is 640. The van der Waals surface area contributed by atoms with Crippen molar-refractivity contribution < 1.29 is 10.2 Å². The van der Waals surface area contributed by atoms with Gasteiger partial charge in [0.05, 0.1) is 26.2 Å². The van der Waals surface area contributed by atoms with Crippen LogP contribution in [0, 0.1) is 0 Å². The largest absolute Gasteiger partial charge is 0.324 e. The van der Waals surface area contributed by atoms with Gasteiger partial charge >= 0.3 is 158 Å². The van der Waals surface area contributed by atoms with E-state index in [9.17, 15) is 0 Å². The third-order valence-electron chi connectivity index (χ3n) is 7.96. The fourth-order valence-corrected chi connectivity index (χ4v) is 83.6. The normalized spacial score (nSPS) is 15.0. The molecule has 0 spiro atoms. The van der Waals surface area contributed by atoms with Gasteiger partial charge in [-0.2, -0.15) is 0 Å². The molecule has 0 aliphatic carbocycles. The van der Waals surface area contributed by atoms with Crippen LogP contribution in [0.1, 0.15) is 79.1 Å². The van der Waals surface area contributed by atoms with Gasteiger partial charge in [0.15, 0.2) is 0 Å². The van der Waals surface area contributed by atoms with Gasteiger partial charge in [-0.1, -0.05) is 53.4 Å². The summed E-state index contributed by atoms with van der Waals surface area (Å²) in [7, 11) is -8.78. The summed E-state index contributed by atoms with van der Waals surface area (Å²) in [5.41, 5.74) is 0. The van der Waals surface area contributed by atoms with Crippen LogP contribution in [0.5, 0.6) is 0 Å². The molecule has 0 saturated carbocycles. The molecule has 0 aromatic carbocycles. The Morgan fingerprint density at radius 1 is 0.537 bits per heavy atom. The Morgan fingerprint density at radius 2 is 0.756 bits per heavy atom. The van der Waals surface area contributed by atoms with Gasteiger partial charge < -0.3 is 4.48 Å². The Hall–Kier alpha value is 1.15. The van der Waals surface area contributed by atoms with Crippen molar-refractivity contribution in [3.63, 3.8) is 0 Å². The maximum Gasteiger partial charge on any atom is 0.0786 e. The van der Waals surface area contributed by atoms with Gasteiger partial charge in [0.1, 0.15) is 0 Å². The zero-order valence-electron chi connectivity index (χ0n) is 31.1. The number of hydrogen-bond acceptors (Lipinski definition) is 2. The molecule has 0 fully saturated rings. The van der Waals surface area contributed by atoms with Crippen LogP contribution < -0.4 is 0 Å². The van der Waals surface area contributed by atoms with Crippen LogP contribution in [-0.4, -0.2) is 87.2 Å². The molecule has 0 aromatic rings. The van der Waals surface area contributed by atoms with Gasteiger partial charge in [-0.05, 0) is 25.7 Å². The number of halogens is 2. The van der Waals surface area contributed by atoms with Crippen molar-refractivity contribution in [3.8, 4) is 0 Å². The Balaban J connectivity index is 0. The SMILES string of the molecule is C=C[CH2][Sn-]([F])([F])([N]([Si](C)(C)C)[Si](C)(C)C)[N]([Si](C)(C)C)[Si](C)(C)C.CCCC[N+](CCCC)(CCCC)CCCC. The molecule has 0 atom stereocenters. The van der Waals surface area contributed by atoms with E-state index in [1.807, 2.05) is 4.91 Å². The summed E-state index contributed by atoms with van der Waals surface area (Å²) in [6.45, 7) is 44.0. The van der Waals surface area contributed by atoms with Gasteiger partial charge in [-0.25, -0.2) is 0 Å². The van der Waals surface area contributed by atoms with Crippen LogP contribution in [0.3, 0.4) is 0 Å². The first kappa shape index (κ1) is 44.3. The molecule has 0 heterocycles. The zero-order chi connectivity index (χ0) is 33.0. The first-order valence-electron chi connectivity index (χ1n) is 17.0. The maximum atomic E-state index is 17.3. The minimum atomic E-state index is -6.41. The summed E-state index contributed by atoms with van der Waals surface area (Å²) >= 11 is -6.41. The molecule has 0 N–H and O–H groups in total. The van der Waals surface area contributed by atoms with Gasteiger partial charge in [-0.15, -0.1) is 0 Å². The van der Waals surface area contributed by atoms with Gasteiger partial charge in [-0.3, -0.25) is 0 Å². The molecular weight excluding hydrogens is 683 g/mol. The van der Waals surface area contributed by atoms with Crippen molar-refractivity contribution in [3.05, 3.63) is 12.7 Å². The topological polar surface area (TPSA) is 6.48 Å². The third-order valence-corrected chi connectivity index (χ3v) is 63.4. The molecule has 41 heavy (non-hydrogen) atoms. The first-order chi connectivity index (χ1) is 18.3. The average molecular weight is 761 g/mol. The van der Waals surface area contributed by atoms with E-state index in [2.05, 4.69) is 113 Å². The summed E-state index contributed by atoms with van der Waals surface area (Å²) in [4.78, 5) is 0. The first-order valence-corrected chi connectivity index (χ1v) is 37.5. The van der Waals surface area contributed by atoms with Crippen LogP contribution >= 0.6 is 0 Å². The van der Waals surface area contributed by atoms with E-state index in [1.54, 1.807) is 0 Å². The Morgan fingerprint density at radius 3 is 0.902 bits per heavy atom. The molecule has 0 saturated heterocycles. The van der Waals surface area contributed by atoms with E-state index in [0.717, 1.165) is 0 Å². The fourth-order valence-electron chi connectivity index (χ4n) is 7.74. The molecule has 0 bridgehead atoms. The van der Waals surface area contributed by atoms with Crippen molar-refractivity contribution >= 4 is 51.6 Å². The summed E-state index contributed by atoms with van der Waals surface area (Å²) in [5, 5.41) is 0. The maximum absolute atomic E-state index is 17.3. The summed E-state index contributed by atoms with van der Waals surface area (Å²) < 4.78 is 39.7. The number of rotatable bonds is 20. The van der Waals surface area contributed by atoms with E-state index in [-0.39, 0.29) is 4.44 Å². The second-order valence-electron chi connectivity index (χ2n) is 16.6. The van der Waals surface area contributed by atoms with E-state index in [1.165, 1.54) is 88.1 Å². The van der Waals surface area contributed by atoms with Crippen molar-refractivity contribution in [1.29, 1.82) is 0 Å². The monoisotopic (exact) mass is 761 g/mol. The predicted octanol–water partition coefficient (Wildman–Crippen LogP) is 11.4. The number of quaternary nitrogens is 1. The summed E-state index contributed by atoms with van der Waals surface area (Å²) in [6.07, 6.45) is 12.6.